The summed E-state index contributed by atoms with van der Waals surface area (Å²) in [5, 5.41) is 20.3. The first-order chi connectivity index (χ1) is 9.15. The Morgan fingerprint density at radius 3 is 2.79 bits per heavy atom. The van der Waals surface area contributed by atoms with Crippen molar-refractivity contribution in [1.29, 1.82) is 0 Å². The molecule has 3 N–H and O–H groups in total. The first-order valence-corrected chi connectivity index (χ1v) is 6.60. The van der Waals surface area contributed by atoms with Crippen molar-refractivity contribution in [3.63, 3.8) is 0 Å². The van der Waals surface area contributed by atoms with Crippen LogP contribution in [0.4, 0.5) is 4.79 Å². The van der Waals surface area contributed by atoms with Crippen molar-refractivity contribution >= 4 is 12.0 Å². The van der Waals surface area contributed by atoms with Gasteiger partial charge in [-0.25, -0.2) is 9.59 Å². The van der Waals surface area contributed by atoms with E-state index in [1.807, 2.05) is 0 Å². The molecule has 1 unspecified atom stereocenters. The molecular formula is C12H22N2O5. The monoisotopic (exact) mass is 274 g/mol. The van der Waals surface area contributed by atoms with Crippen LogP contribution >= 0.6 is 0 Å². The number of aliphatic hydroxyl groups is 1. The number of ether oxygens (including phenoxy) is 1. The Balaban J connectivity index is 2.27. The van der Waals surface area contributed by atoms with Crippen LogP contribution in [0.15, 0.2) is 0 Å². The summed E-state index contributed by atoms with van der Waals surface area (Å²) in [6, 6.07) is -0.345. The number of likely N-dealkylation sites (tertiary alicyclic amines) is 1. The van der Waals surface area contributed by atoms with E-state index in [0.717, 1.165) is 25.7 Å². The average molecular weight is 274 g/mol. The Labute approximate surface area is 112 Å². The number of aliphatic carboxylic acids is 1. The second-order valence-electron chi connectivity index (χ2n) is 4.56. The Morgan fingerprint density at radius 2 is 2.11 bits per heavy atom. The molecule has 7 heteroatoms. The van der Waals surface area contributed by atoms with Crippen LogP contribution in [0.25, 0.3) is 0 Å². The predicted molar refractivity (Wildman–Crippen MR) is 67.9 cm³/mol. The van der Waals surface area contributed by atoms with E-state index in [1.165, 1.54) is 0 Å². The number of carboxylic acid groups (broad SMARTS) is 1. The van der Waals surface area contributed by atoms with Gasteiger partial charge >= 0.3 is 12.0 Å². The number of hydrogen-bond donors (Lipinski definition) is 3. The second-order valence-corrected chi connectivity index (χ2v) is 4.56. The van der Waals surface area contributed by atoms with E-state index in [1.54, 1.807) is 4.90 Å². The summed E-state index contributed by atoms with van der Waals surface area (Å²) < 4.78 is 4.83. The molecule has 0 radical (unpaired) electrons. The third-order valence-corrected chi connectivity index (χ3v) is 3.10. The molecule has 1 aliphatic heterocycles. The molecule has 2 amide bonds. The summed E-state index contributed by atoms with van der Waals surface area (Å²) in [5.74, 6) is -1.03. The van der Waals surface area contributed by atoms with Gasteiger partial charge in [-0.15, -0.1) is 0 Å². The third kappa shape index (κ3) is 5.89. The van der Waals surface area contributed by atoms with E-state index in [-0.39, 0.29) is 38.4 Å². The maximum Gasteiger partial charge on any atom is 0.329 e. The van der Waals surface area contributed by atoms with Crippen molar-refractivity contribution in [3.05, 3.63) is 0 Å². The van der Waals surface area contributed by atoms with Crippen LogP contribution in [-0.2, 0) is 9.53 Å². The van der Waals surface area contributed by atoms with Gasteiger partial charge in [-0.05, 0) is 12.8 Å². The Hall–Kier alpha value is -1.34. The van der Waals surface area contributed by atoms with Crippen molar-refractivity contribution in [2.75, 3.05) is 32.9 Å². The molecular weight excluding hydrogens is 252 g/mol. The zero-order valence-corrected chi connectivity index (χ0v) is 11.0. The minimum atomic E-state index is -1.03. The molecule has 1 heterocycles. The lowest BCUT2D eigenvalue weighted by molar-refractivity contribution is -0.142. The second kappa shape index (κ2) is 8.71. The standard InChI is InChI=1S/C12H22N2O5/c15-8-10-4-2-1-3-6-14(10)12(18)13-5-7-19-9-11(16)17/h10,15H,1-9H2,(H,13,18)(H,16,17). The van der Waals surface area contributed by atoms with Crippen molar-refractivity contribution in [3.8, 4) is 0 Å². The van der Waals surface area contributed by atoms with E-state index in [0.29, 0.717) is 6.54 Å². The number of nitrogens with one attached hydrogen (secondary N) is 1. The lowest BCUT2D eigenvalue weighted by Crippen LogP contribution is -2.48. The van der Waals surface area contributed by atoms with Crippen LogP contribution in [-0.4, -0.2) is 66.1 Å². The van der Waals surface area contributed by atoms with E-state index in [2.05, 4.69) is 5.32 Å². The first-order valence-electron chi connectivity index (χ1n) is 6.60. The quantitative estimate of drug-likeness (QED) is 0.594. The number of rotatable bonds is 6. The van der Waals surface area contributed by atoms with Crippen molar-refractivity contribution in [1.82, 2.24) is 10.2 Å². The minimum Gasteiger partial charge on any atom is -0.480 e. The maximum atomic E-state index is 11.9. The van der Waals surface area contributed by atoms with Gasteiger partial charge in [0.15, 0.2) is 0 Å². The number of urea groups is 1. The van der Waals surface area contributed by atoms with Crippen LogP contribution in [0.2, 0.25) is 0 Å². The largest absolute Gasteiger partial charge is 0.480 e. The summed E-state index contributed by atoms with van der Waals surface area (Å²) in [5.41, 5.74) is 0. The van der Waals surface area contributed by atoms with Gasteiger partial charge < -0.3 is 25.2 Å². The minimum absolute atomic E-state index is 0.0249. The van der Waals surface area contributed by atoms with Crippen molar-refractivity contribution < 1.29 is 24.5 Å². The van der Waals surface area contributed by atoms with Crippen LogP contribution in [0, 0.1) is 0 Å². The lowest BCUT2D eigenvalue weighted by Gasteiger charge is -2.28. The zero-order valence-electron chi connectivity index (χ0n) is 11.0. The van der Waals surface area contributed by atoms with E-state index in [9.17, 15) is 14.7 Å². The van der Waals surface area contributed by atoms with Crippen LogP contribution in [0.5, 0.6) is 0 Å². The van der Waals surface area contributed by atoms with Crippen LogP contribution in [0.3, 0.4) is 0 Å². The fraction of sp³-hybridized carbons (Fsp3) is 0.833. The highest BCUT2D eigenvalue weighted by Gasteiger charge is 2.24. The smallest absolute Gasteiger partial charge is 0.329 e. The van der Waals surface area contributed by atoms with Gasteiger partial charge in [0.05, 0.1) is 19.3 Å². The van der Waals surface area contributed by atoms with E-state index in [4.69, 9.17) is 9.84 Å². The molecule has 1 aliphatic rings. The van der Waals surface area contributed by atoms with Gasteiger partial charge in [-0.3, -0.25) is 0 Å². The average Bonchev–Trinajstić information content (AvgIpc) is 2.62. The highest BCUT2D eigenvalue weighted by atomic mass is 16.5. The molecule has 0 aliphatic carbocycles. The molecule has 1 fully saturated rings. The summed E-state index contributed by atoms with van der Waals surface area (Å²) in [6.45, 7) is 0.686. The molecule has 1 saturated heterocycles. The van der Waals surface area contributed by atoms with E-state index < -0.39 is 5.97 Å². The summed E-state index contributed by atoms with van der Waals surface area (Å²) in [6.07, 6.45) is 3.86. The topological polar surface area (TPSA) is 99.1 Å². The number of amides is 2. The highest BCUT2D eigenvalue weighted by molar-refractivity contribution is 5.74. The fourth-order valence-electron chi connectivity index (χ4n) is 2.13. The Kier molecular flexibility index (Phi) is 7.20. The molecule has 19 heavy (non-hydrogen) atoms. The summed E-state index contributed by atoms with van der Waals surface area (Å²) in [7, 11) is 0. The number of carbonyl (C=O) groups excluding carboxylic acids is 1. The van der Waals surface area contributed by atoms with E-state index >= 15 is 0 Å². The van der Waals surface area contributed by atoms with Gasteiger partial charge in [0.25, 0.3) is 0 Å². The van der Waals surface area contributed by atoms with Gasteiger partial charge in [-0.2, -0.15) is 0 Å². The van der Waals surface area contributed by atoms with Crippen LogP contribution < -0.4 is 5.32 Å². The normalized spacial score (nSPS) is 19.8. The fourth-order valence-corrected chi connectivity index (χ4v) is 2.13. The molecule has 0 aromatic heterocycles. The number of hydrogen-bond acceptors (Lipinski definition) is 4. The Bertz CT molecular complexity index is 298. The molecule has 110 valence electrons. The zero-order chi connectivity index (χ0) is 14.1. The molecule has 0 bridgehead atoms. The predicted octanol–water partition coefficient (Wildman–Crippen LogP) is 0.0341. The summed E-state index contributed by atoms with van der Waals surface area (Å²) in [4.78, 5) is 23.8. The lowest BCUT2D eigenvalue weighted by atomic mass is 10.1. The number of carbonyl (C=O) groups is 2. The molecule has 0 aromatic rings. The van der Waals surface area contributed by atoms with Gasteiger partial charge in [0.1, 0.15) is 6.61 Å². The van der Waals surface area contributed by atoms with Crippen LogP contribution in [0.1, 0.15) is 25.7 Å². The molecule has 0 aromatic carbocycles. The number of carboxylic acids is 1. The van der Waals surface area contributed by atoms with Crippen molar-refractivity contribution in [2.45, 2.75) is 31.7 Å². The SMILES string of the molecule is O=C(O)COCCNC(=O)N1CCCCCC1CO. The molecule has 7 nitrogen and oxygen atoms in total. The Morgan fingerprint density at radius 1 is 1.32 bits per heavy atom. The molecule has 1 atom stereocenters. The highest BCUT2D eigenvalue weighted by Crippen LogP contribution is 2.16. The van der Waals surface area contributed by atoms with Gasteiger partial charge in [0.2, 0.25) is 0 Å². The van der Waals surface area contributed by atoms with Gasteiger partial charge in [0, 0.05) is 13.1 Å². The number of nitrogens with zero attached hydrogens (tertiary/aromatic N) is 1. The maximum absolute atomic E-state index is 11.9. The molecule has 1 rings (SSSR count). The molecule has 0 spiro atoms. The first kappa shape index (κ1) is 15.7. The van der Waals surface area contributed by atoms with Gasteiger partial charge in [-0.1, -0.05) is 12.8 Å². The van der Waals surface area contributed by atoms with Crippen molar-refractivity contribution in [2.24, 2.45) is 0 Å². The number of aliphatic hydroxyl groups excluding tert-OH is 1. The third-order valence-electron chi connectivity index (χ3n) is 3.10. The molecule has 0 saturated carbocycles. The summed E-state index contributed by atoms with van der Waals surface area (Å²) >= 11 is 0.